The SMILES string of the molecule is CCN1CCCCC1CNC(=O)[C@H]1NCCO[C@@H]1C.Cl.Cl. The summed E-state index contributed by atoms with van der Waals surface area (Å²) in [5.41, 5.74) is 0. The molecule has 21 heavy (non-hydrogen) atoms. The van der Waals surface area contributed by atoms with Gasteiger partial charge in [-0.25, -0.2) is 0 Å². The van der Waals surface area contributed by atoms with Crippen LogP contribution in [0.1, 0.15) is 33.1 Å². The van der Waals surface area contributed by atoms with E-state index in [1.165, 1.54) is 19.3 Å². The molecular formula is C14H29Cl2N3O2. The Morgan fingerprint density at radius 3 is 2.81 bits per heavy atom. The van der Waals surface area contributed by atoms with Crippen molar-refractivity contribution >= 4 is 30.7 Å². The molecule has 5 nitrogen and oxygen atoms in total. The Kier molecular flexibility index (Phi) is 10.6. The van der Waals surface area contributed by atoms with E-state index in [1.54, 1.807) is 0 Å². The molecule has 126 valence electrons. The van der Waals surface area contributed by atoms with Crippen molar-refractivity contribution in [3.8, 4) is 0 Å². The Bertz CT molecular complexity index is 308. The maximum Gasteiger partial charge on any atom is 0.239 e. The van der Waals surface area contributed by atoms with Gasteiger partial charge in [-0.3, -0.25) is 9.69 Å². The highest BCUT2D eigenvalue weighted by Crippen LogP contribution is 2.15. The van der Waals surface area contributed by atoms with E-state index in [0.717, 1.165) is 26.2 Å². The van der Waals surface area contributed by atoms with Crippen LogP contribution in [0, 0.1) is 0 Å². The van der Waals surface area contributed by atoms with Crippen molar-refractivity contribution in [1.82, 2.24) is 15.5 Å². The topological polar surface area (TPSA) is 53.6 Å². The normalized spacial score (nSPS) is 29.9. The van der Waals surface area contributed by atoms with Crippen LogP contribution in [0.2, 0.25) is 0 Å². The van der Waals surface area contributed by atoms with Gasteiger partial charge < -0.3 is 15.4 Å². The first-order valence-electron chi connectivity index (χ1n) is 7.59. The summed E-state index contributed by atoms with van der Waals surface area (Å²) in [5.74, 6) is 0.0776. The second-order valence-electron chi connectivity index (χ2n) is 5.53. The molecule has 2 heterocycles. The number of rotatable bonds is 4. The van der Waals surface area contributed by atoms with Crippen LogP contribution < -0.4 is 10.6 Å². The number of nitrogens with one attached hydrogen (secondary N) is 2. The van der Waals surface area contributed by atoms with E-state index in [9.17, 15) is 4.79 Å². The predicted octanol–water partition coefficient (Wildman–Crippen LogP) is 1.20. The van der Waals surface area contributed by atoms with Gasteiger partial charge in [0.25, 0.3) is 0 Å². The molecule has 0 spiro atoms. The third-order valence-electron chi connectivity index (χ3n) is 4.27. The minimum atomic E-state index is -0.201. The molecule has 2 aliphatic rings. The lowest BCUT2D eigenvalue weighted by atomic mass is 10.0. The lowest BCUT2D eigenvalue weighted by Crippen LogP contribution is -2.57. The number of carbonyl (C=O) groups excluding carboxylic acids is 1. The van der Waals surface area contributed by atoms with Gasteiger partial charge in [0, 0.05) is 19.1 Å². The molecule has 0 radical (unpaired) electrons. The minimum absolute atomic E-state index is 0. The number of amides is 1. The van der Waals surface area contributed by atoms with Gasteiger partial charge >= 0.3 is 0 Å². The Hall–Kier alpha value is -0.0700. The fraction of sp³-hybridized carbons (Fsp3) is 0.929. The largest absolute Gasteiger partial charge is 0.375 e. The van der Waals surface area contributed by atoms with Crippen molar-refractivity contribution < 1.29 is 9.53 Å². The molecule has 2 rings (SSSR count). The van der Waals surface area contributed by atoms with Gasteiger partial charge in [-0.15, -0.1) is 24.8 Å². The van der Waals surface area contributed by atoms with Crippen molar-refractivity contribution in [2.45, 2.75) is 51.3 Å². The van der Waals surface area contributed by atoms with Gasteiger partial charge in [0.1, 0.15) is 6.04 Å². The number of halogens is 2. The second kappa shape index (κ2) is 10.6. The highest BCUT2D eigenvalue weighted by atomic mass is 35.5. The maximum absolute atomic E-state index is 12.2. The fourth-order valence-electron chi connectivity index (χ4n) is 3.06. The molecule has 1 amide bonds. The Morgan fingerprint density at radius 1 is 1.38 bits per heavy atom. The summed E-state index contributed by atoms with van der Waals surface area (Å²) >= 11 is 0. The molecule has 0 saturated carbocycles. The zero-order chi connectivity index (χ0) is 13.7. The summed E-state index contributed by atoms with van der Waals surface area (Å²) in [5, 5.41) is 6.32. The zero-order valence-electron chi connectivity index (χ0n) is 13.0. The number of piperidine rings is 1. The maximum atomic E-state index is 12.2. The van der Waals surface area contributed by atoms with Crippen molar-refractivity contribution in [2.75, 3.05) is 32.8 Å². The molecule has 2 N–H and O–H groups in total. The first kappa shape index (κ1) is 20.9. The van der Waals surface area contributed by atoms with Gasteiger partial charge in [0.05, 0.1) is 12.7 Å². The van der Waals surface area contributed by atoms with E-state index in [-0.39, 0.29) is 42.9 Å². The molecule has 2 aliphatic heterocycles. The van der Waals surface area contributed by atoms with E-state index in [2.05, 4.69) is 22.5 Å². The van der Waals surface area contributed by atoms with Crippen LogP contribution in [0.15, 0.2) is 0 Å². The third kappa shape index (κ3) is 5.91. The van der Waals surface area contributed by atoms with Crippen LogP contribution in [0.3, 0.4) is 0 Å². The lowest BCUT2D eigenvalue weighted by Gasteiger charge is -2.36. The van der Waals surface area contributed by atoms with Crippen molar-refractivity contribution in [3.63, 3.8) is 0 Å². The highest BCUT2D eigenvalue weighted by Gasteiger charge is 2.29. The van der Waals surface area contributed by atoms with Crippen LogP contribution in [0.5, 0.6) is 0 Å². The van der Waals surface area contributed by atoms with Crippen molar-refractivity contribution in [2.24, 2.45) is 0 Å². The van der Waals surface area contributed by atoms with Gasteiger partial charge in [-0.05, 0) is 32.9 Å². The van der Waals surface area contributed by atoms with Crippen LogP contribution in [-0.2, 0) is 9.53 Å². The number of likely N-dealkylation sites (tertiary alicyclic amines) is 1. The number of hydrogen-bond acceptors (Lipinski definition) is 4. The Labute approximate surface area is 140 Å². The number of likely N-dealkylation sites (N-methyl/N-ethyl adjacent to an activating group) is 1. The molecule has 0 aromatic rings. The number of carbonyl (C=O) groups is 1. The summed E-state index contributed by atoms with van der Waals surface area (Å²) in [4.78, 5) is 14.6. The van der Waals surface area contributed by atoms with Gasteiger partial charge in [-0.1, -0.05) is 13.3 Å². The predicted molar refractivity (Wildman–Crippen MR) is 89.6 cm³/mol. The van der Waals surface area contributed by atoms with Crippen LogP contribution >= 0.6 is 24.8 Å². The molecule has 1 unspecified atom stereocenters. The standard InChI is InChI=1S/C14H27N3O2.2ClH/c1-3-17-8-5-4-6-12(17)10-16-14(18)13-11(2)19-9-7-15-13;;/h11-13,15H,3-10H2,1-2H3,(H,16,18);2*1H/t11-,12?,13+;;/m1../s1. The van der Waals surface area contributed by atoms with Gasteiger partial charge in [0.15, 0.2) is 0 Å². The number of hydrogen-bond donors (Lipinski definition) is 2. The molecule has 2 saturated heterocycles. The molecule has 0 aromatic carbocycles. The third-order valence-corrected chi connectivity index (χ3v) is 4.27. The number of ether oxygens (including phenoxy) is 1. The van der Waals surface area contributed by atoms with Crippen LogP contribution in [0.25, 0.3) is 0 Å². The second-order valence-corrected chi connectivity index (χ2v) is 5.53. The Morgan fingerprint density at radius 2 is 2.14 bits per heavy atom. The Balaban J connectivity index is 0.00000200. The molecule has 0 aromatic heterocycles. The summed E-state index contributed by atoms with van der Waals surface area (Å²) in [7, 11) is 0. The molecular weight excluding hydrogens is 313 g/mol. The smallest absolute Gasteiger partial charge is 0.239 e. The summed E-state index contributed by atoms with van der Waals surface area (Å²) in [6.45, 7) is 8.59. The van der Waals surface area contributed by atoms with Crippen molar-refractivity contribution in [1.29, 1.82) is 0 Å². The summed E-state index contributed by atoms with van der Waals surface area (Å²) in [6.07, 6.45) is 3.71. The summed E-state index contributed by atoms with van der Waals surface area (Å²) in [6, 6.07) is 0.301. The van der Waals surface area contributed by atoms with E-state index in [4.69, 9.17) is 4.74 Å². The van der Waals surface area contributed by atoms with Crippen molar-refractivity contribution in [3.05, 3.63) is 0 Å². The van der Waals surface area contributed by atoms with E-state index < -0.39 is 0 Å². The van der Waals surface area contributed by atoms with E-state index >= 15 is 0 Å². The summed E-state index contributed by atoms with van der Waals surface area (Å²) < 4.78 is 5.51. The fourth-order valence-corrected chi connectivity index (χ4v) is 3.06. The monoisotopic (exact) mass is 341 g/mol. The number of morpholine rings is 1. The van der Waals surface area contributed by atoms with Crippen LogP contribution in [0.4, 0.5) is 0 Å². The molecule has 2 fully saturated rings. The quantitative estimate of drug-likeness (QED) is 0.806. The first-order chi connectivity index (χ1) is 9.22. The average molecular weight is 342 g/mol. The molecule has 7 heteroatoms. The molecule has 3 atom stereocenters. The van der Waals surface area contributed by atoms with Gasteiger partial charge in [0.2, 0.25) is 5.91 Å². The first-order valence-corrected chi connectivity index (χ1v) is 7.59. The van der Waals surface area contributed by atoms with E-state index in [0.29, 0.717) is 12.6 Å². The minimum Gasteiger partial charge on any atom is -0.375 e. The molecule has 0 bridgehead atoms. The number of nitrogens with zero attached hydrogens (tertiary/aromatic N) is 1. The molecule has 0 aliphatic carbocycles. The van der Waals surface area contributed by atoms with Crippen LogP contribution in [-0.4, -0.2) is 61.8 Å². The average Bonchev–Trinajstić information content (AvgIpc) is 2.45. The zero-order valence-corrected chi connectivity index (χ0v) is 14.6. The highest BCUT2D eigenvalue weighted by molar-refractivity contribution is 5.85. The lowest BCUT2D eigenvalue weighted by molar-refractivity contribution is -0.129. The van der Waals surface area contributed by atoms with Gasteiger partial charge in [-0.2, -0.15) is 0 Å². The van der Waals surface area contributed by atoms with E-state index in [1.807, 2.05) is 6.92 Å².